The summed E-state index contributed by atoms with van der Waals surface area (Å²) in [6, 6.07) is 10.0. The summed E-state index contributed by atoms with van der Waals surface area (Å²) in [5, 5.41) is 0.852. The molecule has 0 bridgehead atoms. The molecule has 10 heteroatoms. The number of likely N-dealkylation sites (N-methyl/N-ethyl adjacent to an activating group) is 1. The maximum absolute atomic E-state index is 14.1. The predicted octanol–water partition coefficient (Wildman–Crippen LogP) is 6.38. The number of carbonyl (C=O) groups excluding carboxylic acids is 1. The summed E-state index contributed by atoms with van der Waals surface area (Å²) < 4.78 is 48.5. The Balaban J connectivity index is 1.16. The van der Waals surface area contributed by atoms with E-state index in [1.807, 2.05) is 19.1 Å². The molecule has 1 saturated heterocycles. The van der Waals surface area contributed by atoms with Crippen LogP contribution < -0.4 is 4.74 Å². The number of ether oxygens (including phenoxy) is 1. The number of aromatic amines is 1. The molecule has 1 aliphatic carbocycles. The van der Waals surface area contributed by atoms with E-state index in [1.165, 1.54) is 6.07 Å². The van der Waals surface area contributed by atoms with E-state index in [2.05, 4.69) is 31.7 Å². The average molecular weight is 592 g/mol. The molecule has 1 fully saturated rings. The molecular formula is C33H36F3N5O2. The van der Waals surface area contributed by atoms with Gasteiger partial charge in [0.1, 0.15) is 22.9 Å². The van der Waals surface area contributed by atoms with Crippen molar-refractivity contribution in [3.8, 4) is 11.5 Å². The van der Waals surface area contributed by atoms with Crippen molar-refractivity contribution < 1.29 is 22.7 Å². The molecule has 0 saturated carbocycles. The molecule has 0 amide bonds. The monoisotopic (exact) mass is 591 g/mol. The highest BCUT2D eigenvalue weighted by Gasteiger charge is 2.35. The number of Topliss-reactive ketones (excluding diaryl/α,β-unsaturated/α-hetero) is 1. The van der Waals surface area contributed by atoms with Gasteiger partial charge >= 0.3 is 6.18 Å². The fraction of sp³-hybridized carbons (Fsp3) is 0.424. The van der Waals surface area contributed by atoms with Crippen LogP contribution in [-0.4, -0.2) is 63.3 Å². The third-order valence-corrected chi connectivity index (χ3v) is 8.81. The molecule has 2 aliphatic rings. The Labute approximate surface area is 249 Å². The molecule has 1 aromatic carbocycles. The number of pyridine rings is 2. The van der Waals surface area contributed by atoms with E-state index in [0.29, 0.717) is 29.9 Å². The van der Waals surface area contributed by atoms with E-state index >= 15 is 0 Å². The van der Waals surface area contributed by atoms with Crippen molar-refractivity contribution in [3.63, 3.8) is 0 Å². The molecule has 2 atom stereocenters. The molecule has 0 spiro atoms. The van der Waals surface area contributed by atoms with Gasteiger partial charge in [-0.15, -0.1) is 0 Å². The van der Waals surface area contributed by atoms with E-state index in [1.54, 1.807) is 36.8 Å². The molecule has 4 heterocycles. The largest absolute Gasteiger partial charge is 0.455 e. The topological polar surface area (TPSA) is 74.3 Å². The van der Waals surface area contributed by atoms with Crippen molar-refractivity contribution in [2.75, 3.05) is 32.7 Å². The average Bonchev–Trinajstić information content (AvgIpc) is 3.48. The molecule has 226 valence electrons. The van der Waals surface area contributed by atoms with Crippen LogP contribution in [0.1, 0.15) is 54.1 Å². The van der Waals surface area contributed by atoms with Crippen molar-refractivity contribution >= 4 is 16.8 Å². The molecular weight excluding hydrogens is 555 g/mol. The highest BCUT2D eigenvalue weighted by Crippen LogP contribution is 2.38. The summed E-state index contributed by atoms with van der Waals surface area (Å²) in [4.78, 5) is 29.9. The number of fused-ring (bicyclic) bond motifs is 2. The third kappa shape index (κ3) is 6.45. The first-order valence-electron chi connectivity index (χ1n) is 14.9. The summed E-state index contributed by atoms with van der Waals surface area (Å²) in [6.07, 6.45) is 1.74. The number of benzene rings is 1. The Kier molecular flexibility index (Phi) is 8.24. The van der Waals surface area contributed by atoms with E-state index in [-0.39, 0.29) is 36.1 Å². The van der Waals surface area contributed by atoms with Crippen LogP contribution in [0, 0.1) is 5.92 Å². The Morgan fingerprint density at radius 1 is 1.07 bits per heavy atom. The second kappa shape index (κ2) is 12.1. The van der Waals surface area contributed by atoms with Crippen LogP contribution >= 0.6 is 0 Å². The van der Waals surface area contributed by atoms with Gasteiger partial charge in [0.15, 0.2) is 0 Å². The van der Waals surface area contributed by atoms with Crippen molar-refractivity contribution in [2.24, 2.45) is 5.92 Å². The number of hydrogen-bond donors (Lipinski definition) is 1. The molecule has 1 N–H and O–H groups in total. The fourth-order valence-corrected chi connectivity index (χ4v) is 6.43. The molecule has 4 aromatic rings. The molecule has 7 nitrogen and oxygen atoms in total. The van der Waals surface area contributed by atoms with Gasteiger partial charge in [-0.25, -0.2) is 4.98 Å². The lowest BCUT2D eigenvalue weighted by Crippen LogP contribution is -2.45. The number of halogens is 3. The van der Waals surface area contributed by atoms with Gasteiger partial charge in [0.25, 0.3) is 0 Å². The first-order chi connectivity index (χ1) is 20.7. The lowest BCUT2D eigenvalue weighted by Gasteiger charge is -2.34. The van der Waals surface area contributed by atoms with Crippen molar-refractivity contribution in [2.45, 2.75) is 51.7 Å². The number of nitrogens with one attached hydrogen (secondary N) is 1. The van der Waals surface area contributed by atoms with Crippen molar-refractivity contribution in [1.82, 2.24) is 24.8 Å². The van der Waals surface area contributed by atoms with Gasteiger partial charge in [-0.1, -0.05) is 26.0 Å². The SMILES string of the molecule is CCN1CCN(Cc2ccc(CC(=O)C3Cc4cc(Oc5ccnc6[nH]ccc56)cnc4C(C)C3)cc2C(F)(F)F)CC1. The molecule has 3 aromatic heterocycles. The molecule has 1 aliphatic heterocycles. The van der Waals surface area contributed by atoms with E-state index < -0.39 is 11.7 Å². The van der Waals surface area contributed by atoms with Gasteiger partial charge in [-0.05, 0) is 66.3 Å². The smallest absolute Gasteiger partial charge is 0.416 e. The van der Waals surface area contributed by atoms with Crippen LogP contribution in [0.25, 0.3) is 11.0 Å². The summed E-state index contributed by atoms with van der Waals surface area (Å²) in [7, 11) is 0. The molecule has 43 heavy (non-hydrogen) atoms. The lowest BCUT2D eigenvalue weighted by molar-refractivity contribution is -0.138. The Morgan fingerprint density at radius 2 is 1.86 bits per heavy atom. The minimum absolute atomic E-state index is 0.0304. The van der Waals surface area contributed by atoms with Gasteiger partial charge in [-0.3, -0.25) is 14.7 Å². The lowest BCUT2D eigenvalue weighted by atomic mass is 9.77. The van der Waals surface area contributed by atoms with E-state index in [0.717, 1.165) is 55.0 Å². The maximum atomic E-state index is 14.1. The van der Waals surface area contributed by atoms with Crippen LogP contribution in [-0.2, 0) is 30.4 Å². The fourth-order valence-electron chi connectivity index (χ4n) is 6.43. The van der Waals surface area contributed by atoms with Gasteiger partial charge in [0, 0.05) is 63.2 Å². The van der Waals surface area contributed by atoms with E-state index in [4.69, 9.17) is 4.74 Å². The summed E-state index contributed by atoms with van der Waals surface area (Å²) in [6.45, 7) is 8.54. The summed E-state index contributed by atoms with van der Waals surface area (Å²) >= 11 is 0. The van der Waals surface area contributed by atoms with Gasteiger partial charge < -0.3 is 14.6 Å². The molecule has 0 radical (unpaired) electrons. The standard InChI is InChI=1S/C33H36F3N5O2/c1-3-40-10-12-41(13-11-40)20-23-5-4-22(15-28(23)33(34,35)36)16-29(42)24-14-21(2)31-25(17-24)18-26(19-39-31)43-30-7-9-38-32-27(30)6-8-37-32/h4-9,15,18-19,21,24H,3,10-14,16-17,20H2,1-2H3,(H,37,38). The number of aromatic nitrogens is 3. The minimum Gasteiger partial charge on any atom is -0.455 e. The first kappa shape index (κ1) is 29.3. The number of carbonyl (C=O) groups is 1. The second-order valence-corrected chi connectivity index (χ2v) is 11.7. The van der Waals surface area contributed by atoms with Crippen molar-refractivity contribution in [1.29, 1.82) is 0 Å². The van der Waals surface area contributed by atoms with Crippen LogP contribution in [0.15, 0.2) is 55.0 Å². The zero-order valence-electron chi connectivity index (χ0n) is 24.5. The zero-order valence-corrected chi connectivity index (χ0v) is 24.5. The van der Waals surface area contributed by atoms with Gasteiger partial charge in [0.2, 0.25) is 0 Å². The number of H-pyrrole nitrogens is 1. The van der Waals surface area contributed by atoms with Gasteiger partial charge in [-0.2, -0.15) is 13.2 Å². The Hall–Kier alpha value is -3.76. The van der Waals surface area contributed by atoms with Crippen LogP contribution in [0.4, 0.5) is 13.2 Å². The Bertz CT molecular complexity index is 1610. The number of rotatable bonds is 8. The van der Waals surface area contributed by atoms with Crippen LogP contribution in [0.2, 0.25) is 0 Å². The van der Waals surface area contributed by atoms with Crippen molar-refractivity contribution in [3.05, 3.63) is 82.9 Å². The Morgan fingerprint density at radius 3 is 2.63 bits per heavy atom. The summed E-state index contributed by atoms with van der Waals surface area (Å²) in [5.41, 5.74) is 2.61. The third-order valence-electron chi connectivity index (χ3n) is 8.81. The van der Waals surface area contributed by atoms with Gasteiger partial charge in [0.05, 0.1) is 17.1 Å². The van der Waals surface area contributed by atoms with Crippen LogP contribution in [0.5, 0.6) is 11.5 Å². The van der Waals surface area contributed by atoms with Crippen LogP contribution in [0.3, 0.4) is 0 Å². The summed E-state index contributed by atoms with van der Waals surface area (Å²) in [5.74, 6) is 0.903. The molecule has 2 unspecified atom stereocenters. The highest BCUT2D eigenvalue weighted by molar-refractivity contribution is 5.84. The zero-order chi connectivity index (χ0) is 30.1. The number of ketones is 1. The molecule has 6 rings (SSSR count). The normalized spacial score (nSPS) is 19.8. The quantitative estimate of drug-likeness (QED) is 0.256. The minimum atomic E-state index is -4.49. The number of nitrogens with zero attached hydrogens (tertiary/aromatic N) is 4. The van der Waals surface area contributed by atoms with E-state index in [9.17, 15) is 18.0 Å². The number of piperazine rings is 1. The maximum Gasteiger partial charge on any atom is 0.416 e. The first-order valence-corrected chi connectivity index (χ1v) is 14.9. The predicted molar refractivity (Wildman–Crippen MR) is 158 cm³/mol. The number of hydrogen-bond acceptors (Lipinski definition) is 6. The second-order valence-electron chi connectivity index (χ2n) is 11.7. The number of alkyl halides is 3. The highest BCUT2D eigenvalue weighted by atomic mass is 19.4.